The molecular formula is C12H10BrNO4. The van der Waals surface area contributed by atoms with Crippen molar-refractivity contribution in [2.24, 2.45) is 0 Å². The lowest BCUT2D eigenvalue weighted by atomic mass is 9.93. The fourth-order valence-corrected chi connectivity index (χ4v) is 2.14. The van der Waals surface area contributed by atoms with Gasteiger partial charge < -0.3 is 4.74 Å². The maximum Gasteiger partial charge on any atom is 0.297 e. The smallest absolute Gasteiger partial charge is 0.297 e. The predicted octanol–water partition coefficient (Wildman–Crippen LogP) is 2.81. The highest BCUT2D eigenvalue weighted by Crippen LogP contribution is 2.37. The highest BCUT2D eigenvalue weighted by atomic mass is 79.9. The van der Waals surface area contributed by atoms with Crippen molar-refractivity contribution in [2.45, 2.75) is 19.4 Å². The highest BCUT2D eigenvalue weighted by molar-refractivity contribution is 9.10. The van der Waals surface area contributed by atoms with Crippen LogP contribution >= 0.6 is 15.9 Å². The molecule has 0 fully saturated rings. The summed E-state index contributed by atoms with van der Waals surface area (Å²) in [4.78, 5) is 22.1. The molecule has 1 aromatic rings. The number of ketones is 1. The van der Waals surface area contributed by atoms with Crippen LogP contribution in [0, 0.1) is 10.1 Å². The summed E-state index contributed by atoms with van der Waals surface area (Å²) in [5, 5.41) is 11.1. The Kier molecular flexibility index (Phi) is 2.98. The zero-order valence-electron chi connectivity index (χ0n) is 9.77. The number of hydrogen-bond donors (Lipinski definition) is 0. The molecule has 1 atom stereocenters. The van der Waals surface area contributed by atoms with Gasteiger partial charge in [0.15, 0.2) is 5.78 Å². The van der Waals surface area contributed by atoms with E-state index in [-0.39, 0.29) is 5.70 Å². The lowest BCUT2D eigenvalue weighted by Crippen LogP contribution is -2.46. The van der Waals surface area contributed by atoms with E-state index in [4.69, 9.17) is 4.74 Å². The second-order valence-corrected chi connectivity index (χ2v) is 5.08. The molecule has 1 aromatic carbocycles. The van der Waals surface area contributed by atoms with Crippen LogP contribution in [0.15, 0.2) is 28.4 Å². The van der Waals surface area contributed by atoms with Crippen molar-refractivity contribution in [1.29, 1.82) is 0 Å². The first-order chi connectivity index (χ1) is 8.34. The van der Waals surface area contributed by atoms with Crippen LogP contribution in [-0.4, -0.2) is 16.3 Å². The standard InChI is InChI=1S/C12H10BrNO4/c1-7(15)12(2)11(14(16)17)6-8-5-9(13)3-4-10(8)18-12/h3-6H,1-2H3. The van der Waals surface area contributed by atoms with Gasteiger partial charge in [0, 0.05) is 16.1 Å². The Hall–Kier alpha value is -1.69. The molecule has 6 heteroatoms. The molecular weight excluding hydrogens is 302 g/mol. The summed E-state index contributed by atoms with van der Waals surface area (Å²) in [7, 11) is 0. The first-order valence-corrected chi connectivity index (χ1v) is 6.00. The number of carbonyl (C=O) groups excluding carboxylic acids is 1. The molecule has 1 heterocycles. The lowest BCUT2D eigenvalue weighted by Gasteiger charge is -2.29. The third-order valence-electron chi connectivity index (χ3n) is 2.94. The number of benzene rings is 1. The summed E-state index contributed by atoms with van der Waals surface area (Å²) in [6.45, 7) is 2.69. The molecule has 0 radical (unpaired) electrons. The molecule has 18 heavy (non-hydrogen) atoms. The Balaban J connectivity index is 2.64. The molecule has 2 rings (SSSR count). The summed E-state index contributed by atoms with van der Waals surface area (Å²) in [6, 6.07) is 5.14. The quantitative estimate of drug-likeness (QED) is 0.622. The van der Waals surface area contributed by atoms with E-state index in [1.165, 1.54) is 19.9 Å². The third-order valence-corrected chi connectivity index (χ3v) is 3.43. The molecule has 1 aliphatic heterocycles. The van der Waals surface area contributed by atoms with Gasteiger partial charge in [0.25, 0.3) is 11.3 Å². The number of nitro groups is 1. The average Bonchev–Trinajstić information content (AvgIpc) is 2.28. The van der Waals surface area contributed by atoms with Crippen molar-refractivity contribution in [1.82, 2.24) is 0 Å². The largest absolute Gasteiger partial charge is 0.468 e. The predicted molar refractivity (Wildman–Crippen MR) is 68.8 cm³/mol. The number of nitrogens with zero attached hydrogens (tertiary/aromatic N) is 1. The van der Waals surface area contributed by atoms with Crippen molar-refractivity contribution in [3.8, 4) is 5.75 Å². The van der Waals surface area contributed by atoms with E-state index >= 15 is 0 Å². The van der Waals surface area contributed by atoms with Crippen LogP contribution in [0.4, 0.5) is 0 Å². The van der Waals surface area contributed by atoms with Crippen LogP contribution < -0.4 is 4.74 Å². The van der Waals surface area contributed by atoms with Gasteiger partial charge in [-0.3, -0.25) is 14.9 Å². The fraction of sp³-hybridized carbons (Fsp3) is 0.250. The van der Waals surface area contributed by atoms with E-state index < -0.39 is 16.3 Å². The minimum Gasteiger partial charge on any atom is -0.468 e. The molecule has 94 valence electrons. The first-order valence-electron chi connectivity index (χ1n) is 5.21. The van der Waals surface area contributed by atoms with Gasteiger partial charge in [0.05, 0.1) is 4.92 Å². The molecule has 0 aliphatic carbocycles. The number of fused-ring (bicyclic) bond motifs is 1. The molecule has 0 saturated heterocycles. The Morgan fingerprint density at radius 2 is 2.17 bits per heavy atom. The summed E-state index contributed by atoms with van der Waals surface area (Å²) in [5.74, 6) is 0.0560. The SMILES string of the molecule is CC(=O)C1(C)Oc2ccc(Br)cc2C=C1[N+](=O)[O-]. The molecule has 0 N–H and O–H groups in total. The molecule has 0 aromatic heterocycles. The number of carbonyl (C=O) groups is 1. The van der Waals surface area contributed by atoms with E-state index in [1.54, 1.807) is 18.2 Å². The normalized spacial score (nSPS) is 21.6. The average molecular weight is 312 g/mol. The van der Waals surface area contributed by atoms with Crippen LogP contribution in [0.3, 0.4) is 0 Å². The van der Waals surface area contributed by atoms with Crippen molar-refractivity contribution in [3.05, 3.63) is 44.0 Å². The van der Waals surface area contributed by atoms with E-state index in [9.17, 15) is 14.9 Å². The van der Waals surface area contributed by atoms with E-state index in [1.807, 2.05) is 0 Å². The number of Topliss-reactive ketones (excluding diaryl/α,β-unsaturated/α-hetero) is 1. The lowest BCUT2D eigenvalue weighted by molar-refractivity contribution is -0.437. The fourth-order valence-electron chi connectivity index (χ4n) is 1.76. The van der Waals surface area contributed by atoms with Crippen LogP contribution in [0.1, 0.15) is 19.4 Å². The topological polar surface area (TPSA) is 69.4 Å². The number of halogens is 1. The summed E-state index contributed by atoms with van der Waals surface area (Å²) < 4.78 is 6.32. The summed E-state index contributed by atoms with van der Waals surface area (Å²) >= 11 is 3.28. The molecule has 1 unspecified atom stereocenters. The molecule has 0 saturated carbocycles. The zero-order chi connectivity index (χ0) is 13.5. The van der Waals surface area contributed by atoms with Crippen LogP contribution in [0.25, 0.3) is 6.08 Å². The van der Waals surface area contributed by atoms with Crippen molar-refractivity contribution < 1.29 is 14.5 Å². The summed E-state index contributed by atoms with van der Waals surface area (Å²) in [6.07, 6.45) is 1.38. The number of ether oxygens (including phenoxy) is 1. The van der Waals surface area contributed by atoms with E-state index in [2.05, 4.69) is 15.9 Å². The number of hydrogen-bond acceptors (Lipinski definition) is 4. The van der Waals surface area contributed by atoms with Crippen LogP contribution in [0.2, 0.25) is 0 Å². The molecule has 0 spiro atoms. The van der Waals surface area contributed by atoms with Gasteiger partial charge in [-0.25, -0.2) is 0 Å². The Morgan fingerprint density at radius 3 is 2.72 bits per heavy atom. The summed E-state index contributed by atoms with van der Waals surface area (Å²) in [5.41, 5.74) is -1.21. The van der Waals surface area contributed by atoms with Crippen LogP contribution in [0.5, 0.6) is 5.75 Å². The first kappa shape index (κ1) is 12.8. The van der Waals surface area contributed by atoms with Gasteiger partial charge in [0.2, 0.25) is 0 Å². The maximum atomic E-state index is 11.6. The number of rotatable bonds is 2. The van der Waals surface area contributed by atoms with Crippen molar-refractivity contribution in [3.63, 3.8) is 0 Å². The third kappa shape index (κ3) is 1.92. The van der Waals surface area contributed by atoms with Crippen molar-refractivity contribution >= 4 is 27.8 Å². The minimum absolute atomic E-state index is 0.249. The minimum atomic E-state index is -1.54. The van der Waals surface area contributed by atoms with Gasteiger partial charge in [0.1, 0.15) is 5.75 Å². The molecule has 5 nitrogen and oxygen atoms in total. The Labute approximate surface area is 112 Å². The second-order valence-electron chi connectivity index (χ2n) is 4.16. The van der Waals surface area contributed by atoms with Gasteiger partial charge >= 0.3 is 0 Å². The zero-order valence-corrected chi connectivity index (χ0v) is 11.4. The molecule has 1 aliphatic rings. The highest BCUT2D eigenvalue weighted by Gasteiger charge is 2.47. The van der Waals surface area contributed by atoms with Gasteiger partial charge in [-0.1, -0.05) is 15.9 Å². The second kappa shape index (κ2) is 4.20. The van der Waals surface area contributed by atoms with Gasteiger partial charge in [-0.2, -0.15) is 0 Å². The van der Waals surface area contributed by atoms with Gasteiger partial charge in [-0.05, 0) is 32.0 Å². The van der Waals surface area contributed by atoms with Crippen LogP contribution in [-0.2, 0) is 4.79 Å². The maximum absolute atomic E-state index is 11.6. The van der Waals surface area contributed by atoms with E-state index in [0.29, 0.717) is 11.3 Å². The monoisotopic (exact) mass is 311 g/mol. The Bertz CT molecular complexity index is 581. The van der Waals surface area contributed by atoms with E-state index in [0.717, 1.165) is 4.47 Å². The van der Waals surface area contributed by atoms with Crippen molar-refractivity contribution in [2.75, 3.05) is 0 Å². The molecule has 0 bridgehead atoms. The van der Waals surface area contributed by atoms with Gasteiger partial charge in [-0.15, -0.1) is 0 Å². The molecule has 0 amide bonds. The Morgan fingerprint density at radius 1 is 1.50 bits per heavy atom.